The van der Waals surface area contributed by atoms with E-state index in [2.05, 4.69) is 21.7 Å². The highest BCUT2D eigenvalue weighted by atomic mass is 32.2. The van der Waals surface area contributed by atoms with Crippen molar-refractivity contribution >= 4 is 40.7 Å². The van der Waals surface area contributed by atoms with Crippen molar-refractivity contribution in [2.45, 2.75) is 50.0 Å². The number of rotatable bonds is 12. The quantitative estimate of drug-likeness (QED) is 0.128. The van der Waals surface area contributed by atoms with Gasteiger partial charge in [0.05, 0.1) is 29.9 Å². The van der Waals surface area contributed by atoms with E-state index in [1.165, 1.54) is 12.1 Å². The molecule has 45 heavy (non-hydrogen) atoms. The first-order valence-electron chi connectivity index (χ1n) is 14.2. The number of amides is 1. The highest BCUT2D eigenvalue weighted by Gasteiger charge is 2.33. The SMILES string of the molecule is CC[C@@H](CN(Cc1ccccc1C(F)(F)F)C(=S)Nc1ccc(SC)cc1)NC(=O)Cc1cncn1Cc1ccc(C#N)cc1. The molecule has 1 atom stereocenters. The topological polar surface area (TPSA) is 86.0 Å². The van der Waals surface area contributed by atoms with E-state index in [0.29, 0.717) is 29.9 Å². The molecule has 0 saturated carbocycles. The van der Waals surface area contributed by atoms with Crippen LogP contribution >= 0.6 is 24.0 Å². The van der Waals surface area contributed by atoms with Gasteiger partial charge in [-0.3, -0.25) is 4.79 Å². The van der Waals surface area contributed by atoms with Crippen molar-refractivity contribution in [3.63, 3.8) is 0 Å². The molecular formula is C33H33F3N6OS2. The molecule has 0 unspecified atom stereocenters. The minimum atomic E-state index is -4.52. The van der Waals surface area contributed by atoms with Crippen LogP contribution in [0.5, 0.6) is 0 Å². The predicted molar refractivity (Wildman–Crippen MR) is 175 cm³/mol. The lowest BCUT2D eigenvalue weighted by atomic mass is 10.1. The molecule has 0 spiro atoms. The van der Waals surface area contributed by atoms with Gasteiger partial charge >= 0.3 is 6.18 Å². The molecular weight excluding hydrogens is 618 g/mol. The summed E-state index contributed by atoms with van der Waals surface area (Å²) in [5, 5.41) is 15.5. The summed E-state index contributed by atoms with van der Waals surface area (Å²) in [6, 6.07) is 21.9. The number of alkyl halides is 3. The monoisotopic (exact) mass is 650 g/mol. The summed E-state index contributed by atoms with van der Waals surface area (Å²) in [5.74, 6) is -0.245. The molecule has 0 aliphatic heterocycles. The summed E-state index contributed by atoms with van der Waals surface area (Å²) in [5.41, 5.74) is 2.29. The number of anilines is 1. The van der Waals surface area contributed by atoms with Crippen LogP contribution in [0.15, 0.2) is 90.2 Å². The van der Waals surface area contributed by atoms with Gasteiger partial charge in [0.2, 0.25) is 5.91 Å². The van der Waals surface area contributed by atoms with Crippen LogP contribution in [0.2, 0.25) is 0 Å². The second-order valence-corrected chi connectivity index (χ2v) is 11.6. The Labute approximate surface area is 270 Å². The van der Waals surface area contributed by atoms with E-state index in [9.17, 15) is 18.0 Å². The maximum Gasteiger partial charge on any atom is 0.416 e. The average Bonchev–Trinajstić information content (AvgIpc) is 3.46. The van der Waals surface area contributed by atoms with Crippen LogP contribution in [0.4, 0.5) is 18.9 Å². The molecule has 1 aromatic heterocycles. The van der Waals surface area contributed by atoms with Crippen molar-refractivity contribution < 1.29 is 18.0 Å². The Balaban J connectivity index is 1.48. The fourth-order valence-electron chi connectivity index (χ4n) is 4.74. The zero-order valence-corrected chi connectivity index (χ0v) is 26.5. The summed E-state index contributed by atoms with van der Waals surface area (Å²) < 4.78 is 43.4. The van der Waals surface area contributed by atoms with Gasteiger partial charge in [-0.15, -0.1) is 11.8 Å². The Hall–Kier alpha value is -4.34. The van der Waals surface area contributed by atoms with E-state index in [1.54, 1.807) is 47.4 Å². The van der Waals surface area contributed by atoms with E-state index >= 15 is 0 Å². The minimum Gasteiger partial charge on any atom is -0.351 e. The highest BCUT2D eigenvalue weighted by molar-refractivity contribution is 7.98. The van der Waals surface area contributed by atoms with Gasteiger partial charge in [0.15, 0.2) is 5.11 Å². The Morgan fingerprint density at radius 1 is 1.11 bits per heavy atom. The van der Waals surface area contributed by atoms with Crippen molar-refractivity contribution in [2.24, 2.45) is 0 Å². The molecule has 4 aromatic rings. The smallest absolute Gasteiger partial charge is 0.351 e. The number of imidazole rings is 1. The fraction of sp³-hybridized carbons (Fsp3) is 0.273. The van der Waals surface area contributed by atoms with Crippen LogP contribution in [-0.4, -0.2) is 44.3 Å². The number of nitriles is 1. The Morgan fingerprint density at radius 3 is 2.47 bits per heavy atom. The van der Waals surface area contributed by atoms with Crippen molar-refractivity contribution in [2.75, 3.05) is 18.1 Å². The minimum absolute atomic E-state index is 0.0637. The molecule has 0 aliphatic rings. The number of benzene rings is 3. The molecule has 4 rings (SSSR count). The van der Waals surface area contributed by atoms with Gasteiger partial charge in [0.1, 0.15) is 0 Å². The number of thioether (sulfide) groups is 1. The van der Waals surface area contributed by atoms with E-state index in [4.69, 9.17) is 17.5 Å². The lowest BCUT2D eigenvalue weighted by Crippen LogP contribution is -2.47. The van der Waals surface area contributed by atoms with Gasteiger partial charge in [0, 0.05) is 48.1 Å². The molecule has 3 aromatic carbocycles. The number of thiocarbonyl (C=S) groups is 1. The summed E-state index contributed by atoms with van der Waals surface area (Å²) >= 11 is 7.30. The number of hydrogen-bond acceptors (Lipinski definition) is 5. The second-order valence-electron chi connectivity index (χ2n) is 10.4. The Morgan fingerprint density at radius 2 is 1.82 bits per heavy atom. The third kappa shape index (κ3) is 9.57. The van der Waals surface area contributed by atoms with E-state index < -0.39 is 17.8 Å². The molecule has 1 amide bonds. The van der Waals surface area contributed by atoms with Gasteiger partial charge in [-0.05, 0) is 78.5 Å². The summed E-state index contributed by atoms with van der Waals surface area (Å²) in [6.45, 7) is 2.47. The van der Waals surface area contributed by atoms with Gasteiger partial charge in [-0.1, -0.05) is 37.3 Å². The summed E-state index contributed by atoms with van der Waals surface area (Å²) in [7, 11) is 0. The summed E-state index contributed by atoms with van der Waals surface area (Å²) in [6.07, 6.45) is 1.31. The first-order valence-corrected chi connectivity index (χ1v) is 15.8. The molecule has 12 heteroatoms. The van der Waals surface area contributed by atoms with Crippen molar-refractivity contribution in [3.8, 4) is 6.07 Å². The third-order valence-corrected chi connectivity index (χ3v) is 8.29. The lowest BCUT2D eigenvalue weighted by Gasteiger charge is -2.31. The number of aromatic nitrogens is 2. The molecule has 234 valence electrons. The molecule has 0 bridgehead atoms. The van der Waals surface area contributed by atoms with Crippen molar-refractivity contribution in [1.82, 2.24) is 19.8 Å². The van der Waals surface area contributed by atoms with Gasteiger partial charge in [-0.2, -0.15) is 18.4 Å². The second kappa shape index (κ2) is 15.6. The maximum atomic E-state index is 13.9. The molecule has 0 saturated heterocycles. The molecule has 1 heterocycles. The van der Waals surface area contributed by atoms with Crippen LogP contribution < -0.4 is 10.6 Å². The number of carbonyl (C=O) groups is 1. The molecule has 0 aliphatic carbocycles. The Bertz CT molecular complexity index is 1630. The zero-order valence-electron chi connectivity index (χ0n) is 24.8. The average molecular weight is 651 g/mol. The normalized spacial score (nSPS) is 11.8. The van der Waals surface area contributed by atoms with Gasteiger partial charge in [0.25, 0.3) is 0 Å². The third-order valence-electron chi connectivity index (χ3n) is 7.19. The summed E-state index contributed by atoms with van der Waals surface area (Å²) in [4.78, 5) is 20.1. The van der Waals surface area contributed by atoms with Crippen LogP contribution in [-0.2, 0) is 30.5 Å². The predicted octanol–water partition coefficient (Wildman–Crippen LogP) is 6.88. The fourth-order valence-corrected chi connectivity index (χ4v) is 5.41. The molecule has 2 N–H and O–H groups in total. The standard InChI is InChI=1S/C33H33F3N6OS2/c1-3-26(39-31(43)16-28-18-38-22-42(28)19-24-10-8-23(17-37)9-11-24)21-41(20-25-6-4-5-7-30(25)33(34,35)36)32(44)40-27-12-14-29(45-2)15-13-27/h4-15,18,22,26H,3,16,19-21H2,1-2H3,(H,39,43)(H,40,44)/t26-/m0/s1. The molecule has 7 nitrogen and oxygen atoms in total. The van der Waals surface area contributed by atoms with Crippen LogP contribution in [0, 0.1) is 11.3 Å². The highest BCUT2D eigenvalue weighted by Crippen LogP contribution is 2.32. The zero-order chi connectivity index (χ0) is 32.4. The maximum absolute atomic E-state index is 13.9. The Kier molecular flexibility index (Phi) is 11.6. The number of halogens is 3. The number of hydrogen-bond donors (Lipinski definition) is 2. The van der Waals surface area contributed by atoms with Gasteiger partial charge in [-0.25, -0.2) is 4.98 Å². The largest absolute Gasteiger partial charge is 0.416 e. The van der Waals surface area contributed by atoms with E-state index in [0.717, 1.165) is 16.5 Å². The molecule has 0 radical (unpaired) electrons. The van der Waals surface area contributed by atoms with Crippen LogP contribution in [0.25, 0.3) is 0 Å². The first kappa shape index (κ1) is 33.6. The number of carbonyl (C=O) groups excluding carboxylic acids is 1. The van der Waals surface area contributed by atoms with Crippen molar-refractivity contribution in [3.05, 3.63) is 113 Å². The van der Waals surface area contributed by atoms with E-state index in [-0.39, 0.29) is 36.1 Å². The first-order chi connectivity index (χ1) is 21.6. The number of nitrogens with zero attached hydrogens (tertiary/aromatic N) is 4. The number of nitrogens with one attached hydrogen (secondary N) is 2. The van der Waals surface area contributed by atoms with E-state index in [1.807, 2.05) is 54.1 Å². The van der Waals surface area contributed by atoms with Crippen LogP contribution in [0.3, 0.4) is 0 Å². The lowest BCUT2D eigenvalue weighted by molar-refractivity contribution is -0.138. The van der Waals surface area contributed by atoms with Crippen molar-refractivity contribution in [1.29, 1.82) is 5.26 Å². The van der Waals surface area contributed by atoms with Gasteiger partial charge < -0.3 is 20.1 Å². The van der Waals surface area contributed by atoms with Crippen LogP contribution in [0.1, 0.15) is 41.3 Å². The molecule has 0 fully saturated rings.